The van der Waals surface area contributed by atoms with Crippen molar-refractivity contribution in [2.75, 3.05) is 26.0 Å². The number of Topliss-reactive ketones (excluding diaryl/α,β-unsaturated/α-hetero) is 2. The number of likely N-dealkylation sites (N-methyl/N-ethyl adjacent to an activating group) is 1. The van der Waals surface area contributed by atoms with Crippen LogP contribution in [0.5, 0.6) is 5.75 Å². The molecule has 0 radical (unpaired) electrons. The number of phenolic OH excluding ortho intramolecular Hbond substituents is 1. The van der Waals surface area contributed by atoms with Crippen molar-refractivity contribution >= 4 is 29.1 Å². The summed E-state index contributed by atoms with van der Waals surface area (Å²) >= 11 is 0. The van der Waals surface area contributed by atoms with E-state index in [1.165, 1.54) is 12.1 Å². The number of aromatic hydroxyl groups is 1. The minimum Gasteiger partial charge on any atom is -0.511 e. The van der Waals surface area contributed by atoms with Crippen LogP contribution in [0.4, 0.5) is 5.69 Å². The Morgan fingerprint density at radius 3 is 2.47 bits per heavy atom. The maximum Gasteiger partial charge on any atom is 0.255 e. The van der Waals surface area contributed by atoms with E-state index < -0.39 is 52.0 Å². The maximum atomic E-state index is 13.4. The van der Waals surface area contributed by atoms with Crippen molar-refractivity contribution in [3.63, 3.8) is 0 Å². The van der Waals surface area contributed by atoms with Gasteiger partial charge in [0.25, 0.3) is 5.91 Å². The van der Waals surface area contributed by atoms with Gasteiger partial charge in [-0.3, -0.25) is 19.2 Å². The highest BCUT2D eigenvalue weighted by Crippen LogP contribution is 2.52. The molecule has 1 aromatic rings. The van der Waals surface area contributed by atoms with Gasteiger partial charge in [-0.05, 0) is 50.6 Å². The van der Waals surface area contributed by atoms with E-state index in [0.717, 1.165) is 0 Å². The Morgan fingerprint density at radius 2 is 1.85 bits per heavy atom. The molecule has 0 saturated heterocycles. The quantitative estimate of drug-likeness (QED) is 0.261. The smallest absolute Gasteiger partial charge is 0.255 e. The zero-order chi connectivity index (χ0) is 25.1. The van der Waals surface area contributed by atoms with Crippen LogP contribution in [0.3, 0.4) is 0 Å². The Bertz CT molecular complexity index is 1210. The molecule has 0 saturated carbocycles. The second-order valence-electron chi connectivity index (χ2n) is 9.18. The van der Waals surface area contributed by atoms with Crippen molar-refractivity contribution in [1.82, 2.24) is 4.90 Å². The Kier molecular flexibility index (Phi) is 5.49. The minimum absolute atomic E-state index is 0.0175. The van der Waals surface area contributed by atoms with Crippen LogP contribution in [0.1, 0.15) is 28.8 Å². The lowest BCUT2D eigenvalue weighted by Crippen LogP contribution is -2.57. The Morgan fingerprint density at radius 1 is 1.18 bits per heavy atom. The third-order valence-corrected chi connectivity index (χ3v) is 6.68. The van der Waals surface area contributed by atoms with E-state index in [9.17, 15) is 39.6 Å². The monoisotopic (exact) mass is 471 g/mol. The number of rotatable bonds is 4. The van der Waals surface area contributed by atoms with Crippen molar-refractivity contribution in [1.29, 1.82) is 0 Å². The first-order valence-electron chi connectivity index (χ1n) is 10.6. The first kappa shape index (κ1) is 23.5. The van der Waals surface area contributed by atoms with Crippen LogP contribution in [-0.2, 0) is 20.8 Å². The molecular weight excluding hydrogens is 446 g/mol. The van der Waals surface area contributed by atoms with Gasteiger partial charge < -0.3 is 36.4 Å². The van der Waals surface area contributed by atoms with Crippen molar-refractivity contribution < 1.29 is 39.6 Å². The average Bonchev–Trinajstić information content (AvgIpc) is 2.71. The molecule has 0 heterocycles. The molecule has 11 nitrogen and oxygen atoms in total. The molecule has 0 aliphatic heterocycles. The Balaban J connectivity index is 1.82. The number of hydrogen-bond donors (Lipinski definition) is 6. The zero-order valence-corrected chi connectivity index (χ0v) is 18.6. The van der Waals surface area contributed by atoms with Gasteiger partial charge in [0, 0.05) is 23.6 Å². The molecule has 0 spiro atoms. The Hall–Kier alpha value is -3.70. The van der Waals surface area contributed by atoms with Gasteiger partial charge in [0.2, 0.25) is 11.7 Å². The summed E-state index contributed by atoms with van der Waals surface area (Å²) in [4.78, 5) is 52.0. The molecule has 34 heavy (non-hydrogen) atoms. The summed E-state index contributed by atoms with van der Waals surface area (Å²) in [7, 11) is 3.44. The standard InChI is InChI=1S/C23H25N3O8/c1-26(2)8-15(29)25-12-3-4-13(27)17-11(12)6-9-5-10-7-14(28)18(22(24)33)21(32)23(10,34)20(31)16(9)19(17)30/h3-4,9-10,27-28,31,34H,5-8H2,1-2H3,(H2,24,33)(H,25,29)/t9-,10+,23+/m1/s1. The second-order valence-corrected chi connectivity index (χ2v) is 9.18. The lowest BCUT2D eigenvalue weighted by Gasteiger charge is -2.45. The van der Waals surface area contributed by atoms with Crippen LogP contribution < -0.4 is 11.1 Å². The van der Waals surface area contributed by atoms with Crippen LogP contribution in [0.15, 0.2) is 34.8 Å². The van der Waals surface area contributed by atoms with Gasteiger partial charge in [0.15, 0.2) is 11.4 Å². The molecule has 1 aromatic carbocycles. The van der Waals surface area contributed by atoms with E-state index >= 15 is 0 Å². The number of carbonyl (C=O) groups excluding carboxylic acids is 4. The van der Waals surface area contributed by atoms with Gasteiger partial charge in [-0.25, -0.2) is 0 Å². The normalized spacial score (nSPS) is 26.2. The predicted octanol–water partition coefficient (Wildman–Crippen LogP) is 0.0806. The molecule has 4 rings (SSSR count). The molecule has 0 aromatic heterocycles. The van der Waals surface area contributed by atoms with E-state index in [0.29, 0.717) is 11.3 Å². The van der Waals surface area contributed by atoms with Gasteiger partial charge in [-0.2, -0.15) is 0 Å². The van der Waals surface area contributed by atoms with E-state index in [2.05, 4.69) is 5.32 Å². The molecule has 3 aliphatic rings. The molecule has 0 fully saturated rings. The predicted molar refractivity (Wildman–Crippen MR) is 118 cm³/mol. The van der Waals surface area contributed by atoms with Gasteiger partial charge in [0.05, 0.1) is 12.1 Å². The maximum absolute atomic E-state index is 13.4. The number of hydrogen-bond acceptors (Lipinski definition) is 9. The van der Waals surface area contributed by atoms with Crippen LogP contribution >= 0.6 is 0 Å². The molecular formula is C23H25N3O8. The third-order valence-electron chi connectivity index (χ3n) is 6.68. The summed E-state index contributed by atoms with van der Waals surface area (Å²) in [6.07, 6.45) is -0.175. The van der Waals surface area contributed by atoms with Crippen molar-refractivity contribution in [3.05, 3.63) is 45.9 Å². The molecule has 11 heteroatoms. The number of carbonyl (C=O) groups is 4. The summed E-state index contributed by atoms with van der Waals surface area (Å²) in [5.74, 6) is -7.24. The number of nitrogens with zero attached hydrogens (tertiary/aromatic N) is 1. The number of benzene rings is 1. The number of amides is 2. The van der Waals surface area contributed by atoms with E-state index in [4.69, 9.17) is 5.73 Å². The first-order valence-corrected chi connectivity index (χ1v) is 10.6. The number of aliphatic hydroxyl groups excluding tert-OH is 2. The fraction of sp³-hybridized carbons (Fsp3) is 0.391. The number of allylic oxidation sites excluding steroid dienone is 2. The summed E-state index contributed by atoms with van der Waals surface area (Å²) < 4.78 is 0. The highest BCUT2D eigenvalue weighted by atomic mass is 16.3. The molecule has 180 valence electrons. The van der Waals surface area contributed by atoms with E-state index in [1.807, 2.05) is 0 Å². The summed E-state index contributed by atoms with van der Waals surface area (Å²) in [6, 6.07) is 2.71. The SMILES string of the molecule is CN(C)CC(=O)Nc1ccc(O)c2c1C[C@H]1C[C@H]3CC(O)=C(C(N)=O)C(=O)[C@@]3(O)C(O)=C1C2=O. The molecule has 2 amide bonds. The topological polar surface area (TPSA) is 190 Å². The lowest BCUT2D eigenvalue weighted by atomic mass is 9.60. The summed E-state index contributed by atoms with van der Waals surface area (Å²) in [5.41, 5.74) is 2.04. The number of anilines is 1. The third kappa shape index (κ3) is 3.35. The fourth-order valence-electron chi connectivity index (χ4n) is 5.21. The minimum atomic E-state index is -2.61. The highest BCUT2D eigenvalue weighted by molar-refractivity contribution is 6.24. The molecule has 0 bridgehead atoms. The van der Waals surface area contributed by atoms with Gasteiger partial charge in [0.1, 0.15) is 22.8 Å². The summed E-state index contributed by atoms with van der Waals surface area (Å²) in [6.45, 7) is 0.0873. The van der Waals surface area contributed by atoms with Crippen LogP contribution in [0.2, 0.25) is 0 Å². The largest absolute Gasteiger partial charge is 0.511 e. The highest BCUT2D eigenvalue weighted by Gasteiger charge is 2.59. The van der Waals surface area contributed by atoms with Crippen LogP contribution in [0.25, 0.3) is 0 Å². The van der Waals surface area contributed by atoms with Gasteiger partial charge in [-0.1, -0.05) is 0 Å². The molecule has 3 atom stereocenters. The van der Waals surface area contributed by atoms with Crippen LogP contribution in [-0.4, -0.2) is 74.9 Å². The average molecular weight is 471 g/mol. The van der Waals surface area contributed by atoms with E-state index in [-0.39, 0.29) is 48.6 Å². The number of ketones is 2. The van der Waals surface area contributed by atoms with E-state index in [1.54, 1.807) is 19.0 Å². The number of phenols is 1. The summed E-state index contributed by atoms with van der Waals surface area (Å²) in [5, 5.41) is 45.6. The fourth-order valence-corrected chi connectivity index (χ4v) is 5.21. The zero-order valence-electron chi connectivity index (χ0n) is 18.6. The molecule has 0 unspecified atom stereocenters. The van der Waals surface area contributed by atoms with Crippen LogP contribution in [0, 0.1) is 11.8 Å². The molecule has 7 N–H and O–H groups in total. The van der Waals surface area contributed by atoms with Crippen molar-refractivity contribution in [2.24, 2.45) is 17.6 Å². The van der Waals surface area contributed by atoms with Crippen molar-refractivity contribution in [2.45, 2.75) is 24.9 Å². The molecule has 3 aliphatic carbocycles. The second kappa shape index (κ2) is 7.96. The van der Waals surface area contributed by atoms with Crippen molar-refractivity contribution in [3.8, 4) is 5.75 Å². The number of primary amides is 1. The number of nitrogens with one attached hydrogen (secondary N) is 1. The first-order chi connectivity index (χ1) is 15.9. The lowest BCUT2D eigenvalue weighted by molar-refractivity contribution is -0.144. The number of fused-ring (bicyclic) bond motifs is 3. The Labute approximate surface area is 194 Å². The van der Waals surface area contributed by atoms with Gasteiger partial charge in [-0.15, -0.1) is 0 Å². The number of nitrogens with two attached hydrogens (primary N) is 1. The van der Waals surface area contributed by atoms with Gasteiger partial charge >= 0.3 is 0 Å². The number of aliphatic hydroxyl groups is 3.